The second-order valence-electron chi connectivity index (χ2n) is 9.22. The number of amides is 3. The highest BCUT2D eigenvalue weighted by Crippen LogP contribution is 2.31. The van der Waals surface area contributed by atoms with Gasteiger partial charge < -0.3 is 20.4 Å². The fourth-order valence-electron chi connectivity index (χ4n) is 4.22. The highest BCUT2D eigenvalue weighted by molar-refractivity contribution is 6.30. The first-order valence-corrected chi connectivity index (χ1v) is 13.5. The Morgan fingerprint density at radius 2 is 2.09 bits per heavy atom. The molecule has 0 saturated heterocycles. The number of H-pyrrole nitrogens is 1. The van der Waals surface area contributed by atoms with E-state index in [0.29, 0.717) is 57.6 Å². The van der Waals surface area contributed by atoms with Crippen LogP contribution >= 0.6 is 11.6 Å². The number of benzene rings is 2. The van der Waals surface area contributed by atoms with Gasteiger partial charge in [-0.1, -0.05) is 23.8 Å². The molecule has 1 aliphatic heterocycles. The normalized spacial score (nSPS) is 15.8. The maximum atomic E-state index is 13.1. The van der Waals surface area contributed by atoms with Gasteiger partial charge in [0.05, 0.1) is 30.2 Å². The largest absolute Gasteiger partial charge is 0.453 e. The molecule has 4 rings (SSSR count). The average molecular weight is 604 g/mol. The predicted molar refractivity (Wildman–Crippen MR) is 168 cm³/mol. The van der Waals surface area contributed by atoms with Crippen molar-refractivity contribution in [3.8, 4) is 11.3 Å². The molecule has 14 heteroatoms. The molecule has 2 bridgehead atoms. The van der Waals surface area contributed by atoms with Crippen molar-refractivity contribution in [2.45, 2.75) is 25.3 Å². The van der Waals surface area contributed by atoms with Crippen LogP contribution in [-0.2, 0) is 14.3 Å². The molecule has 0 fully saturated rings. The van der Waals surface area contributed by atoms with E-state index < -0.39 is 12.1 Å². The Morgan fingerprint density at radius 3 is 2.88 bits per heavy atom. The lowest BCUT2D eigenvalue weighted by atomic mass is 10.1. The van der Waals surface area contributed by atoms with Gasteiger partial charge in [-0.05, 0) is 55.3 Å². The molecule has 13 nitrogen and oxygen atoms in total. The zero-order chi connectivity index (χ0) is 30.8. The monoisotopic (exact) mass is 603 g/mol. The minimum absolute atomic E-state index is 0.199. The van der Waals surface area contributed by atoms with Crippen LogP contribution in [0.5, 0.6) is 0 Å². The van der Waals surface area contributed by atoms with E-state index in [1.165, 1.54) is 24.5 Å². The quantitative estimate of drug-likeness (QED) is 0.0643. The molecule has 0 spiro atoms. The van der Waals surface area contributed by atoms with Crippen LogP contribution in [0, 0.1) is 0 Å². The number of aromatic nitrogens is 2. The molecule has 0 radical (unpaired) electrons. The predicted octanol–water partition coefficient (Wildman–Crippen LogP) is 4.78. The van der Waals surface area contributed by atoms with Crippen LogP contribution in [0.3, 0.4) is 0 Å². The van der Waals surface area contributed by atoms with E-state index in [2.05, 4.69) is 42.6 Å². The molecular formula is C29H30ClN9O4. The summed E-state index contributed by atoms with van der Waals surface area (Å²) in [6.07, 6.45) is 10.2. The summed E-state index contributed by atoms with van der Waals surface area (Å²) >= 11 is 6.18. The molecule has 2 aromatic carbocycles. The summed E-state index contributed by atoms with van der Waals surface area (Å²) in [6.45, 7) is 3.28. The topological polar surface area (TPSA) is 179 Å². The zero-order valence-electron chi connectivity index (χ0n) is 23.2. The first-order valence-electron chi connectivity index (χ1n) is 13.1. The lowest BCUT2D eigenvalue weighted by Gasteiger charge is -2.16. The third kappa shape index (κ3) is 8.38. The van der Waals surface area contributed by atoms with Gasteiger partial charge >= 0.3 is 6.09 Å². The van der Waals surface area contributed by atoms with Crippen LogP contribution in [0.15, 0.2) is 71.0 Å². The van der Waals surface area contributed by atoms with Gasteiger partial charge in [-0.15, -0.1) is 5.10 Å². The van der Waals surface area contributed by atoms with Crippen LogP contribution in [0.1, 0.15) is 36.7 Å². The highest BCUT2D eigenvalue weighted by Gasteiger charge is 2.19. The number of hydrogen-bond donors (Lipinski definition) is 5. The summed E-state index contributed by atoms with van der Waals surface area (Å²) in [6, 6.07) is 9.53. The highest BCUT2D eigenvalue weighted by atomic mass is 35.5. The van der Waals surface area contributed by atoms with Crippen molar-refractivity contribution < 1.29 is 19.1 Å². The molecule has 43 heavy (non-hydrogen) atoms. The van der Waals surface area contributed by atoms with Crippen LogP contribution in [0.4, 0.5) is 21.9 Å². The van der Waals surface area contributed by atoms with Crippen LogP contribution in [-0.4, -0.2) is 48.0 Å². The smallest absolute Gasteiger partial charge is 0.411 e. The van der Waals surface area contributed by atoms with Crippen molar-refractivity contribution in [2.75, 3.05) is 22.8 Å². The van der Waals surface area contributed by atoms with E-state index in [-0.39, 0.29) is 18.2 Å². The van der Waals surface area contributed by atoms with Crippen LogP contribution in [0.2, 0.25) is 5.02 Å². The summed E-state index contributed by atoms with van der Waals surface area (Å²) in [5.41, 5.74) is 3.17. The number of nitrogens with zero attached hydrogens (tertiary/aromatic N) is 4. The molecule has 1 aromatic heterocycles. The van der Waals surface area contributed by atoms with E-state index in [1.54, 1.807) is 48.7 Å². The standard InChI is InChI=1S/C29H30ClN9O4/c1-32-34-17-39(31)25-12-9-19(30)14-18(25)8-13-27(41)36-22-6-4-3-5-7-26(40)37-23-15-20(35-29(42)43-2)10-11-21(23)24-16-33-28(22)38-24/h3-4,8-17,22H,1,5-7,31H2,2H3,(H,33,38)(H,35,42)(H,36,41)(H,37,40)/b4-3-,13-8+,34-17-/t22-/m0/s1. The van der Waals surface area contributed by atoms with Gasteiger partial charge in [-0.3, -0.25) is 19.9 Å². The van der Waals surface area contributed by atoms with Crippen molar-refractivity contribution in [1.29, 1.82) is 0 Å². The SMILES string of the molecule is C=N/N=C\N(N)c1ccc(Cl)cc1/C=C/C(=O)N[C@H]1C/C=C\CCC(=O)Nc2cc(NC(=O)OC)ccc2-c2c[nH]c1n2. The van der Waals surface area contributed by atoms with Crippen molar-refractivity contribution >= 4 is 65.7 Å². The fourth-order valence-corrected chi connectivity index (χ4v) is 4.40. The first kappa shape index (κ1) is 30.7. The molecule has 1 atom stereocenters. The first-order chi connectivity index (χ1) is 20.8. The van der Waals surface area contributed by atoms with E-state index in [0.717, 1.165) is 0 Å². The third-order valence-corrected chi connectivity index (χ3v) is 6.50. The van der Waals surface area contributed by atoms with Crippen LogP contribution in [0.25, 0.3) is 17.3 Å². The van der Waals surface area contributed by atoms with Crippen molar-refractivity contribution in [3.63, 3.8) is 0 Å². The number of imidazole rings is 1. The number of carbonyl (C=O) groups is 3. The Morgan fingerprint density at radius 1 is 1.26 bits per heavy atom. The second kappa shape index (κ2) is 14.6. The number of hydrazine groups is 1. The van der Waals surface area contributed by atoms with E-state index >= 15 is 0 Å². The Kier molecular flexibility index (Phi) is 10.4. The van der Waals surface area contributed by atoms with Crippen molar-refractivity contribution in [3.05, 3.63) is 77.2 Å². The van der Waals surface area contributed by atoms with E-state index in [1.807, 2.05) is 12.2 Å². The number of fused-ring (bicyclic) bond motifs is 4. The minimum atomic E-state index is -0.637. The van der Waals surface area contributed by atoms with Gasteiger partial charge in [-0.2, -0.15) is 5.10 Å². The maximum Gasteiger partial charge on any atom is 0.411 e. The molecule has 1 aliphatic rings. The molecule has 3 aromatic rings. The number of aromatic amines is 1. The number of rotatable bonds is 7. The van der Waals surface area contributed by atoms with Gasteiger partial charge in [0.1, 0.15) is 12.2 Å². The Bertz CT molecular complexity index is 1600. The number of halogens is 1. The number of nitrogens with two attached hydrogens (primary N) is 1. The summed E-state index contributed by atoms with van der Waals surface area (Å²) in [7, 11) is 1.26. The molecular weight excluding hydrogens is 574 g/mol. The van der Waals surface area contributed by atoms with E-state index in [4.69, 9.17) is 22.4 Å². The number of methoxy groups -OCH3 is 1. The second-order valence-corrected chi connectivity index (χ2v) is 9.66. The van der Waals surface area contributed by atoms with Crippen LogP contribution < -0.4 is 26.8 Å². The lowest BCUT2D eigenvalue weighted by molar-refractivity contribution is -0.117. The fraction of sp³-hybridized carbons (Fsp3) is 0.172. The van der Waals surface area contributed by atoms with Gasteiger partial charge in [0.2, 0.25) is 11.8 Å². The molecule has 2 heterocycles. The molecule has 0 unspecified atom stereocenters. The average Bonchev–Trinajstić information content (AvgIpc) is 3.48. The van der Waals surface area contributed by atoms with Gasteiger partial charge in [-0.25, -0.2) is 15.6 Å². The Balaban J connectivity index is 1.60. The summed E-state index contributed by atoms with van der Waals surface area (Å²) < 4.78 is 4.66. The number of nitrogens with one attached hydrogen (secondary N) is 4. The maximum absolute atomic E-state index is 13.1. The van der Waals surface area contributed by atoms with Gasteiger partial charge in [0.15, 0.2) is 0 Å². The van der Waals surface area contributed by atoms with Crippen molar-refractivity contribution in [2.24, 2.45) is 16.0 Å². The summed E-state index contributed by atoms with van der Waals surface area (Å²) in [5.74, 6) is 5.97. The number of ether oxygens (including phenoxy) is 1. The lowest BCUT2D eigenvalue weighted by Crippen LogP contribution is -2.29. The van der Waals surface area contributed by atoms with Gasteiger partial charge in [0.25, 0.3) is 0 Å². The number of anilines is 3. The molecule has 0 saturated carbocycles. The third-order valence-electron chi connectivity index (χ3n) is 6.26. The number of hydrogen-bond acceptors (Lipinski definition) is 8. The number of allylic oxidation sites excluding steroid dienone is 1. The molecule has 3 amide bonds. The van der Waals surface area contributed by atoms with Crippen molar-refractivity contribution in [1.82, 2.24) is 15.3 Å². The number of carbonyl (C=O) groups excluding carboxylic acids is 3. The Labute approximate surface area is 252 Å². The molecule has 0 aliphatic carbocycles. The summed E-state index contributed by atoms with van der Waals surface area (Å²) in [4.78, 5) is 45.3. The summed E-state index contributed by atoms with van der Waals surface area (Å²) in [5, 5.41) is 17.2. The molecule has 222 valence electrons. The molecule has 6 N–H and O–H groups in total. The van der Waals surface area contributed by atoms with E-state index in [9.17, 15) is 14.4 Å². The van der Waals surface area contributed by atoms with Gasteiger partial charge in [0, 0.05) is 47.2 Å². The zero-order valence-corrected chi connectivity index (χ0v) is 24.0. The minimum Gasteiger partial charge on any atom is -0.453 e. The Hall–Kier alpha value is -5.27.